The van der Waals surface area contributed by atoms with Crippen LogP contribution in [0.4, 0.5) is 0 Å². The van der Waals surface area contributed by atoms with E-state index < -0.39 is 10.0 Å². The third-order valence-corrected chi connectivity index (χ3v) is 6.72. The highest BCUT2D eigenvalue weighted by atomic mass is 35.5. The van der Waals surface area contributed by atoms with Crippen LogP contribution in [0.1, 0.15) is 18.4 Å². The molecule has 7 heteroatoms. The molecule has 4 rings (SSSR count). The highest BCUT2D eigenvalue weighted by molar-refractivity contribution is 7.89. The zero-order valence-electron chi connectivity index (χ0n) is 14.3. The van der Waals surface area contributed by atoms with Gasteiger partial charge in [0.05, 0.1) is 6.04 Å². The molecule has 0 bridgehead atoms. The maximum Gasteiger partial charge on any atom is 0.244 e. The molecule has 0 amide bonds. The van der Waals surface area contributed by atoms with Crippen molar-refractivity contribution in [2.75, 3.05) is 13.1 Å². The SMILES string of the molecule is O=S1(=O)N[C@@H]2CCN(Cc3cccc(Cl)c3)CC[C@H]2Oc2ccccc21. The number of halogens is 1. The summed E-state index contributed by atoms with van der Waals surface area (Å²) in [6.07, 6.45) is 1.30. The Hall–Kier alpha value is -1.60. The van der Waals surface area contributed by atoms with Crippen molar-refractivity contribution >= 4 is 21.6 Å². The molecule has 2 atom stereocenters. The number of fused-ring (bicyclic) bond motifs is 2. The van der Waals surface area contributed by atoms with Crippen LogP contribution in [-0.2, 0) is 16.6 Å². The van der Waals surface area contributed by atoms with Crippen LogP contribution in [0.15, 0.2) is 53.4 Å². The van der Waals surface area contributed by atoms with Gasteiger partial charge in [-0.2, -0.15) is 0 Å². The van der Waals surface area contributed by atoms with Crippen LogP contribution >= 0.6 is 11.6 Å². The first-order valence-electron chi connectivity index (χ1n) is 8.76. The van der Waals surface area contributed by atoms with E-state index in [1.807, 2.05) is 18.2 Å². The minimum atomic E-state index is -3.56. The molecule has 2 aromatic rings. The van der Waals surface area contributed by atoms with Gasteiger partial charge in [0.1, 0.15) is 16.7 Å². The van der Waals surface area contributed by atoms with Crippen molar-refractivity contribution in [2.45, 2.75) is 36.4 Å². The van der Waals surface area contributed by atoms with Gasteiger partial charge in [-0.25, -0.2) is 13.1 Å². The fraction of sp³-hybridized carbons (Fsp3) is 0.368. The first-order valence-corrected chi connectivity index (χ1v) is 10.6. The summed E-state index contributed by atoms with van der Waals surface area (Å²) in [6.45, 7) is 2.44. The zero-order valence-corrected chi connectivity index (χ0v) is 15.8. The molecule has 1 fully saturated rings. The summed E-state index contributed by atoms with van der Waals surface area (Å²) < 4.78 is 34.3. The van der Waals surface area contributed by atoms with Gasteiger partial charge in [-0.3, -0.25) is 4.90 Å². The lowest BCUT2D eigenvalue weighted by atomic mass is 10.1. The summed E-state index contributed by atoms with van der Waals surface area (Å²) in [6, 6.07) is 14.5. The Balaban J connectivity index is 1.52. The van der Waals surface area contributed by atoms with Gasteiger partial charge in [0.15, 0.2) is 0 Å². The maximum atomic E-state index is 12.7. The molecule has 0 aliphatic carbocycles. The van der Waals surface area contributed by atoms with E-state index in [0.717, 1.165) is 36.6 Å². The van der Waals surface area contributed by atoms with E-state index in [9.17, 15) is 8.42 Å². The summed E-state index contributed by atoms with van der Waals surface area (Å²) >= 11 is 6.08. The van der Waals surface area contributed by atoms with E-state index >= 15 is 0 Å². The number of para-hydroxylation sites is 1. The monoisotopic (exact) mass is 392 g/mol. The molecule has 2 heterocycles. The van der Waals surface area contributed by atoms with Gasteiger partial charge in [-0.1, -0.05) is 35.9 Å². The molecule has 0 aromatic heterocycles. The van der Waals surface area contributed by atoms with Gasteiger partial charge < -0.3 is 4.74 Å². The quantitative estimate of drug-likeness (QED) is 0.853. The second kappa shape index (κ2) is 7.19. The van der Waals surface area contributed by atoms with Gasteiger partial charge >= 0.3 is 0 Å². The second-order valence-corrected chi connectivity index (χ2v) is 8.93. The van der Waals surface area contributed by atoms with Crippen molar-refractivity contribution in [2.24, 2.45) is 0 Å². The van der Waals surface area contributed by atoms with E-state index in [-0.39, 0.29) is 17.0 Å². The summed E-state index contributed by atoms with van der Waals surface area (Å²) in [5.41, 5.74) is 1.16. The van der Waals surface area contributed by atoms with E-state index in [2.05, 4.69) is 15.7 Å². The van der Waals surface area contributed by atoms with Crippen LogP contribution in [0, 0.1) is 0 Å². The number of nitrogens with zero attached hydrogens (tertiary/aromatic N) is 1. The van der Waals surface area contributed by atoms with Crippen LogP contribution in [0.5, 0.6) is 5.75 Å². The first-order chi connectivity index (χ1) is 12.5. The normalized spacial score (nSPS) is 25.3. The number of likely N-dealkylation sites (tertiary alicyclic amines) is 1. The van der Waals surface area contributed by atoms with Crippen LogP contribution in [0.3, 0.4) is 0 Å². The predicted octanol–water partition coefficient (Wildman–Crippen LogP) is 3.04. The molecule has 1 saturated heterocycles. The fourth-order valence-corrected chi connectivity index (χ4v) is 5.30. The summed E-state index contributed by atoms with van der Waals surface area (Å²) in [5.74, 6) is 0.441. The number of ether oxygens (including phenoxy) is 1. The number of benzene rings is 2. The van der Waals surface area contributed by atoms with Crippen LogP contribution < -0.4 is 9.46 Å². The molecule has 1 N–H and O–H groups in total. The minimum absolute atomic E-state index is 0.169. The van der Waals surface area contributed by atoms with Crippen molar-refractivity contribution in [3.05, 3.63) is 59.1 Å². The van der Waals surface area contributed by atoms with Gasteiger partial charge in [0.25, 0.3) is 0 Å². The second-order valence-electron chi connectivity index (χ2n) is 6.81. The van der Waals surface area contributed by atoms with Gasteiger partial charge in [0, 0.05) is 24.7 Å². The van der Waals surface area contributed by atoms with Crippen LogP contribution in [0.2, 0.25) is 5.02 Å². The number of hydrogen-bond donors (Lipinski definition) is 1. The number of sulfonamides is 1. The first kappa shape index (κ1) is 17.8. The molecule has 0 spiro atoms. The highest BCUT2D eigenvalue weighted by Crippen LogP contribution is 2.31. The van der Waals surface area contributed by atoms with E-state index in [1.165, 1.54) is 0 Å². The lowest BCUT2D eigenvalue weighted by molar-refractivity contribution is 0.156. The molecule has 2 aliphatic rings. The lowest BCUT2D eigenvalue weighted by Gasteiger charge is -2.22. The minimum Gasteiger partial charge on any atom is -0.487 e. The smallest absolute Gasteiger partial charge is 0.244 e. The van der Waals surface area contributed by atoms with Gasteiger partial charge in [-0.05, 0) is 42.7 Å². The Kier molecular flexibility index (Phi) is 4.92. The molecular formula is C19H21ClN2O3S. The summed E-state index contributed by atoms with van der Waals surface area (Å²) in [5, 5.41) is 0.732. The summed E-state index contributed by atoms with van der Waals surface area (Å²) in [4.78, 5) is 2.55. The van der Waals surface area contributed by atoms with E-state index in [1.54, 1.807) is 24.3 Å². The van der Waals surface area contributed by atoms with Crippen molar-refractivity contribution in [1.29, 1.82) is 0 Å². The third-order valence-electron chi connectivity index (χ3n) is 4.95. The topological polar surface area (TPSA) is 58.6 Å². The average Bonchev–Trinajstić information content (AvgIpc) is 2.84. The van der Waals surface area contributed by atoms with E-state index in [0.29, 0.717) is 12.2 Å². The molecule has 138 valence electrons. The predicted molar refractivity (Wildman–Crippen MR) is 101 cm³/mol. The highest BCUT2D eigenvalue weighted by Gasteiger charge is 2.36. The molecule has 26 heavy (non-hydrogen) atoms. The summed E-state index contributed by atoms with van der Waals surface area (Å²) in [7, 11) is -3.56. The van der Waals surface area contributed by atoms with Crippen LogP contribution in [0.25, 0.3) is 0 Å². The third kappa shape index (κ3) is 3.74. The number of nitrogens with one attached hydrogen (secondary N) is 1. The maximum absolute atomic E-state index is 12.7. The molecule has 2 aliphatic heterocycles. The van der Waals surface area contributed by atoms with Crippen molar-refractivity contribution in [3.8, 4) is 5.75 Å². The van der Waals surface area contributed by atoms with E-state index in [4.69, 9.17) is 16.3 Å². The molecular weight excluding hydrogens is 372 g/mol. The lowest BCUT2D eigenvalue weighted by Crippen LogP contribution is -2.43. The van der Waals surface area contributed by atoms with Gasteiger partial charge in [-0.15, -0.1) is 0 Å². The molecule has 0 radical (unpaired) electrons. The van der Waals surface area contributed by atoms with Gasteiger partial charge in [0.2, 0.25) is 10.0 Å². The Labute approximate surface area is 159 Å². The van der Waals surface area contributed by atoms with Crippen molar-refractivity contribution < 1.29 is 13.2 Å². The Morgan fingerprint density at radius 1 is 1.12 bits per heavy atom. The largest absolute Gasteiger partial charge is 0.487 e. The van der Waals surface area contributed by atoms with Crippen molar-refractivity contribution in [1.82, 2.24) is 9.62 Å². The Morgan fingerprint density at radius 2 is 1.92 bits per heavy atom. The number of rotatable bonds is 2. The standard InChI is InChI=1S/C19H21ClN2O3S/c20-15-5-3-4-14(12-15)13-22-10-8-16-17(9-11-22)25-18-6-1-2-7-19(18)26(23,24)21-16/h1-7,12,16-17,21H,8-11,13H2/t16-,17-/m1/s1. The molecule has 2 aromatic carbocycles. The fourth-order valence-electron chi connectivity index (χ4n) is 3.65. The zero-order chi connectivity index (χ0) is 18.1. The Morgan fingerprint density at radius 3 is 2.77 bits per heavy atom. The number of hydrogen-bond acceptors (Lipinski definition) is 4. The van der Waals surface area contributed by atoms with Crippen molar-refractivity contribution in [3.63, 3.8) is 0 Å². The Bertz CT molecular complexity index is 903. The van der Waals surface area contributed by atoms with Crippen LogP contribution in [-0.4, -0.2) is 38.6 Å². The molecule has 0 saturated carbocycles. The molecule has 5 nitrogen and oxygen atoms in total. The molecule has 0 unspecified atom stereocenters. The average molecular weight is 393 g/mol.